The van der Waals surface area contributed by atoms with Gasteiger partial charge in [-0.2, -0.15) is 0 Å². The van der Waals surface area contributed by atoms with Crippen LogP contribution in [0.1, 0.15) is 12.8 Å². The van der Waals surface area contributed by atoms with E-state index in [1.807, 2.05) is 24.3 Å². The largest absolute Gasteiger partial charge is 0.481 e. The van der Waals surface area contributed by atoms with E-state index in [4.69, 9.17) is 15.9 Å². The predicted octanol–water partition coefficient (Wildman–Crippen LogP) is 0.824. The SMILES string of the molecule is NC(CCC(=O)O)C(=O)O.[Ni].c1ccc2[nH]cnc2c1. The molecule has 7 nitrogen and oxygen atoms in total. The molecule has 0 saturated heterocycles. The van der Waals surface area contributed by atoms with Gasteiger partial charge in [0, 0.05) is 22.9 Å². The zero-order valence-corrected chi connectivity index (χ0v) is 11.4. The minimum atomic E-state index is -1.17. The number of rotatable bonds is 4. The van der Waals surface area contributed by atoms with E-state index in [0.717, 1.165) is 11.0 Å². The van der Waals surface area contributed by atoms with Gasteiger partial charge in [-0.25, -0.2) is 4.98 Å². The van der Waals surface area contributed by atoms with Gasteiger partial charge in [-0.05, 0) is 18.6 Å². The van der Waals surface area contributed by atoms with Gasteiger partial charge in [0.1, 0.15) is 6.04 Å². The number of nitrogens with two attached hydrogens (primary N) is 1. The van der Waals surface area contributed by atoms with Crippen LogP contribution in [0.5, 0.6) is 0 Å². The molecule has 112 valence electrons. The first kappa shape index (κ1) is 18.1. The third-order valence-corrected chi connectivity index (χ3v) is 2.31. The second-order valence-electron chi connectivity index (χ2n) is 3.80. The van der Waals surface area contributed by atoms with Gasteiger partial charge in [-0.3, -0.25) is 9.59 Å². The summed E-state index contributed by atoms with van der Waals surface area (Å²) in [5.74, 6) is -2.20. The average molecular weight is 324 g/mol. The Balaban J connectivity index is 0.000000344. The summed E-state index contributed by atoms with van der Waals surface area (Å²) >= 11 is 0. The smallest absolute Gasteiger partial charge is 0.320 e. The fraction of sp³-hybridized carbons (Fsp3) is 0.250. The Kier molecular flexibility index (Phi) is 8.19. The molecule has 2 rings (SSSR count). The van der Waals surface area contributed by atoms with E-state index < -0.39 is 18.0 Å². The van der Waals surface area contributed by atoms with Crippen molar-refractivity contribution in [1.82, 2.24) is 9.97 Å². The quantitative estimate of drug-likeness (QED) is 0.616. The molecule has 1 aromatic heterocycles. The number of para-hydroxylation sites is 2. The Hall–Kier alpha value is -1.92. The second-order valence-corrected chi connectivity index (χ2v) is 3.80. The summed E-state index contributed by atoms with van der Waals surface area (Å²) < 4.78 is 0. The number of hydrogen-bond acceptors (Lipinski definition) is 4. The van der Waals surface area contributed by atoms with Gasteiger partial charge in [-0.1, -0.05) is 12.1 Å². The second kappa shape index (κ2) is 9.06. The number of aliphatic carboxylic acids is 2. The van der Waals surface area contributed by atoms with E-state index in [0.29, 0.717) is 0 Å². The van der Waals surface area contributed by atoms with Gasteiger partial charge < -0.3 is 20.9 Å². The first-order valence-electron chi connectivity index (χ1n) is 5.59. The number of carbonyl (C=O) groups is 2. The van der Waals surface area contributed by atoms with Crippen molar-refractivity contribution in [2.45, 2.75) is 18.9 Å². The molecular weight excluding hydrogens is 309 g/mol. The maximum absolute atomic E-state index is 9.99. The fourth-order valence-corrected chi connectivity index (χ4v) is 1.28. The summed E-state index contributed by atoms with van der Waals surface area (Å²) in [6.07, 6.45) is 1.48. The first-order valence-corrected chi connectivity index (χ1v) is 5.59. The minimum absolute atomic E-state index is 0. The van der Waals surface area contributed by atoms with Gasteiger partial charge in [0.25, 0.3) is 0 Å². The van der Waals surface area contributed by atoms with Gasteiger partial charge in [-0.15, -0.1) is 0 Å². The summed E-state index contributed by atoms with van der Waals surface area (Å²) in [6.45, 7) is 0. The molecule has 2 aromatic rings. The van der Waals surface area contributed by atoms with E-state index in [9.17, 15) is 9.59 Å². The van der Waals surface area contributed by atoms with E-state index in [1.54, 1.807) is 6.33 Å². The fourth-order valence-electron chi connectivity index (χ4n) is 1.28. The van der Waals surface area contributed by atoms with Crippen LogP contribution < -0.4 is 5.73 Å². The number of imidazole rings is 1. The van der Waals surface area contributed by atoms with Crippen molar-refractivity contribution in [3.63, 3.8) is 0 Å². The van der Waals surface area contributed by atoms with Crippen LogP contribution in [0, 0.1) is 0 Å². The number of fused-ring (bicyclic) bond motifs is 1. The molecule has 1 atom stereocenters. The van der Waals surface area contributed by atoms with Crippen molar-refractivity contribution in [1.29, 1.82) is 0 Å². The van der Waals surface area contributed by atoms with E-state index in [-0.39, 0.29) is 29.3 Å². The third kappa shape index (κ3) is 6.31. The predicted molar refractivity (Wildman–Crippen MR) is 68.6 cm³/mol. The molecule has 1 unspecified atom stereocenters. The van der Waals surface area contributed by atoms with E-state index in [1.165, 1.54) is 0 Å². The van der Waals surface area contributed by atoms with Crippen molar-refractivity contribution in [3.05, 3.63) is 30.6 Å². The summed E-state index contributed by atoms with van der Waals surface area (Å²) in [5.41, 5.74) is 7.12. The number of nitrogens with zero attached hydrogens (tertiary/aromatic N) is 1. The summed E-state index contributed by atoms with van der Waals surface area (Å²) in [4.78, 5) is 26.9. The molecule has 0 aliphatic rings. The van der Waals surface area contributed by atoms with Crippen molar-refractivity contribution in [2.75, 3.05) is 0 Å². The van der Waals surface area contributed by atoms with Crippen LogP contribution in [0.2, 0.25) is 0 Å². The van der Waals surface area contributed by atoms with Crippen molar-refractivity contribution in [2.24, 2.45) is 5.73 Å². The number of carboxylic acids is 2. The topological polar surface area (TPSA) is 129 Å². The molecule has 0 fully saturated rings. The van der Waals surface area contributed by atoms with Gasteiger partial charge in [0.2, 0.25) is 0 Å². The standard InChI is InChI=1S/C7H6N2.C5H9NO4.Ni/c1-2-4-7-6(3-1)8-5-9-7;6-3(5(9)10)1-2-4(7)8;/h1-5H,(H,8,9);3H,1-2,6H2,(H,7,8)(H,9,10);. The van der Waals surface area contributed by atoms with Crippen LogP contribution in [0.3, 0.4) is 0 Å². The van der Waals surface area contributed by atoms with Crippen LogP contribution in [0.15, 0.2) is 30.6 Å². The molecule has 0 saturated carbocycles. The summed E-state index contributed by atoms with van der Waals surface area (Å²) in [5, 5.41) is 16.3. The zero-order valence-electron chi connectivity index (χ0n) is 10.4. The zero-order chi connectivity index (χ0) is 14.3. The van der Waals surface area contributed by atoms with E-state index >= 15 is 0 Å². The molecule has 5 N–H and O–H groups in total. The molecular formula is C12H15N3NiO4. The van der Waals surface area contributed by atoms with Gasteiger partial charge in [0.15, 0.2) is 0 Å². The normalized spacial score (nSPS) is 10.8. The maximum Gasteiger partial charge on any atom is 0.320 e. The first-order chi connectivity index (χ1) is 9.00. The average Bonchev–Trinajstić information content (AvgIpc) is 2.84. The number of hydrogen-bond donors (Lipinski definition) is 4. The Morgan fingerprint density at radius 3 is 2.50 bits per heavy atom. The Bertz CT molecular complexity index is 528. The molecule has 20 heavy (non-hydrogen) atoms. The van der Waals surface area contributed by atoms with Gasteiger partial charge in [0.05, 0.1) is 17.4 Å². The van der Waals surface area contributed by atoms with Crippen LogP contribution in [0.25, 0.3) is 11.0 Å². The number of aromatic amines is 1. The number of aromatic nitrogens is 2. The summed E-state index contributed by atoms with van der Waals surface area (Å²) in [6, 6.07) is 6.88. The van der Waals surface area contributed by atoms with Crippen LogP contribution in [0.4, 0.5) is 0 Å². The Morgan fingerprint density at radius 2 is 1.95 bits per heavy atom. The Labute approximate surface area is 125 Å². The van der Waals surface area contributed by atoms with Crippen molar-refractivity contribution in [3.8, 4) is 0 Å². The molecule has 0 spiro atoms. The van der Waals surface area contributed by atoms with Crippen LogP contribution in [-0.4, -0.2) is 38.2 Å². The molecule has 0 bridgehead atoms. The maximum atomic E-state index is 9.99. The number of carboxylic acid groups (broad SMARTS) is 2. The molecule has 1 heterocycles. The van der Waals surface area contributed by atoms with Gasteiger partial charge >= 0.3 is 11.9 Å². The van der Waals surface area contributed by atoms with E-state index in [2.05, 4.69) is 9.97 Å². The molecule has 0 amide bonds. The summed E-state index contributed by atoms with van der Waals surface area (Å²) in [7, 11) is 0. The third-order valence-electron chi connectivity index (χ3n) is 2.31. The number of H-pyrrole nitrogens is 1. The van der Waals surface area contributed by atoms with Crippen molar-refractivity contribution >= 4 is 23.0 Å². The van der Waals surface area contributed by atoms with Crippen LogP contribution >= 0.6 is 0 Å². The molecule has 8 heteroatoms. The number of benzene rings is 1. The minimum Gasteiger partial charge on any atom is -0.481 e. The van der Waals surface area contributed by atoms with Crippen molar-refractivity contribution < 1.29 is 36.3 Å². The Morgan fingerprint density at radius 1 is 1.30 bits per heavy atom. The number of nitrogens with one attached hydrogen (secondary N) is 1. The monoisotopic (exact) mass is 323 g/mol. The molecule has 0 aliphatic carbocycles. The molecule has 0 aliphatic heterocycles. The van der Waals surface area contributed by atoms with Crippen LogP contribution in [-0.2, 0) is 26.1 Å². The molecule has 0 radical (unpaired) electrons. The molecule has 1 aromatic carbocycles.